The van der Waals surface area contributed by atoms with Crippen LogP contribution in [0.25, 0.3) is 0 Å². The molecule has 2 amide bonds. The van der Waals surface area contributed by atoms with Gasteiger partial charge < -0.3 is 21.1 Å². The predicted octanol–water partition coefficient (Wildman–Crippen LogP) is 3.22. The second kappa shape index (κ2) is 7.54. The van der Waals surface area contributed by atoms with Gasteiger partial charge in [0.2, 0.25) is 0 Å². The Morgan fingerprint density at radius 3 is 2.57 bits per heavy atom. The van der Waals surface area contributed by atoms with Gasteiger partial charge in [0.05, 0.1) is 0 Å². The summed E-state index contributed by atoms with van der Waals surface area (Å²) in [6.07, 6.45) is -0.709. The molecule has 0 aromatic heterocycles. The van der Waals surface area contributed by atoms with Gasteiger partial charge in [0.1, 0.15) is 5.75 Å². The molecule has 5 nitrogen and oxygen atoms in total. The normalized spacial score (nSPS) is 21.6. The summed E-state index contributed by atoms with van der Waals surface area (Å²) in [6, 6.07) is 4.77. The minimum Gasteiger partial charge on any atom is -0.406 e. The molecule has 1 saturated carbocycles. The van der Waals surface area contributed by atoms with E-state index in [1.165, 1.54) is 12.1 Å². The van der Waals surface area contributed by atoms with E-state index < -0.39 is 12.4 Å². The molecule has 2 unspecified atom stereocenters. The molecule has 128 valence electrons. The van der Waals surface area contributed by atoms with Crippen LogP contribution in [0, 0.1) is 5.92 Å². The van der Waals surface area contributed by atoms with Gasteiger partial charge in [0, 0.05) is 18.3 Å². The van der Waals surface area contributed by atoms with E-state index >= 15 is 0 Å². The third-order valence-electron chi connectivity index (χ3n) is 3.72. The quantitative estimate of drug-likeness (QED) is 0.793. The number of nitrogens with one attached hydrogen (secondary N) is 2. The first-order valence-electron chi connectivity index (χ1n) is 7.48. The number of carbonyl (C=O) groups excluding carboxylic acids is 1. The Kier molecular flexibility index (Phi) is 5.70. The fourth-order valence-electron chi connectivity index (χ4n) is 2.67. The highest BCUT2D eigenvalue weighted by atomic mass is 19.4. The zero-order valence-electron chi connectivity index (χ0n) is 12.5. The van der Waals surface area contributed by atoms with Crippen molar-refractivity contribution in [2.24, 2.45) is 11.7 Å². The molecule has 0 radical (unpaired) electrons. The van der Waals surface area contributed by atoms with E-state index in [1.54, 1.807) is 0 Å². The summed E-state index contributed by atoms with van der Waals surface area (Å²) < 4.78 is 39.9. The van der Waals surface area contributed by atoms with Gasteiger partial charge in [0.15, 0.2) is 0 Å². The molecule has 0 bridgehead atoms. The van der Waals surface area contributed by atoms with Crippen molar-refractivity contribution in [2.75, 3.05) is 11.9 Å². The second-order valence-corrected chi connectivity index (χ2v) is 5.70. The van der Waals surface area contributed by atoms with E-state index in [0.29, 0.717) is 18.2 Å². The van der Waals surface area contributed by atoms with Crippen LogP contribution in [0.15, 0.2) is 24.3 Å². The number of ether oxygens (including phenoxy) is 1. The number of alkyl halides is 3. The molecule has 1 aliphatic carbocycles. The van der Waals surface area contributed by atoms with Crippen LogP contribution in [0.1, 0.15) is 25.7 Å². The van der Waals surface area contributed by atoms with E-state index in [0.717, 1.165) is 37.8 Å². The molecule has 2 atom stereocenters. The number of carbonyl (C=O) groups is 1. The number of hydrogen-bond acceptors (Lipinski definition) is 3. The highest BCUT2D eigenvalue weighted by Gasteiger charge is 2.31. The predicted molar refractivity (Wildman–Crippen MR) is 80.1 cm³/mol. The highest BCUT2D eigenvalue weighted by Crippen LogP contribution is 2.24. The van der Waals surface area contributed by atoms with Crippen LogP contribution in [0.2, 0.25) is 0 Å². The molecule has 4 N–H and O–H groups in total. The van der Waals surface area contributed by atoms with Gasteiger partial charge in [-0.2, -0.15) is 0 Å². The molecular formula is C15H20F3N3O2. The lowest BCUT2D eigenvalue weighted by Gasteiger charge is -2.26. The molecule has 1 aromatic rings. The van der Waals surface area contributed by atoms with E-state index in [1.807, 2.05) is 0 Å². The largest absolute Gasteiger partial charge is 0.573 e. The molecule has 2 rings (SSSR count). The Hall–Kier alpha value is -1.96. The maximum atomic E-state index is 12.0. The van der Waals surface area contributed by atoms with E-state index in [2.05, 4.69) is 15.4 Å². The Balaban J connectivity index is 1.76. The van der Waals surface area contributed by atoms with Gasteiger partial charge in [-0.3, -0.25) is 0 Å². The van der Waals surface area contributed by atoms with Crippen molar-refractivity contribution in [3.8, 4) is 5.75 Å². The first-order valence-corrected chi connectivity index (χ1v) is 7.48. The smallest absolute Gasteiger partial charge is 0.406 e. The minimum absolute atomic E-state index is 0.194. The SMILES string of the molecule is NC1CCCC(CNC(=O)Nc2ccc(OC(F)(F)F)cc2)C1. The van der Waals surface area contributed by atoms with Crippen molar-refractivity contribution in [3.63, 3.8) is 0 Å². The van der Waals surface area contributed by atoms with Crippen LogP contribution in [-0.2, 0) is 0 Å². The number of hydrogen-bond donors (Lipinski definition) is 3. The van der Waals surface area contributed by atoms with Crippen molar-refractivity contribution in [1.82, 2.24) is 5.32 Å². The zero-order chi connectivity index (χ0) is 16.9. The Labute approximate surface area is 132 Å². The number of amides is 2. The van der Waals surface area contributed by atoms with Gasteiger partial charge >= 0.3 is 12.4 Å². The molecular weight excluding hydrogens is 311 g/mol. The van der Waals surface area contributed by atoms with Crippen LogP contribution in [0.5, 0.6) is 5.75 Å². The summed E-state index contributed by atoms with van der Waals surface area (Å²) in [5.74, 6) is 0.0340. The van der Waals surface area contributed by atoms with E-state index in [4.69, 9.17) is 5.73 Å². The Morgan fingerprint density at radius 2 is 1.96 bits per heavy atom. The maximum absolute atomic E-state index is 12.0. The van der Waals surface area contributed by atoms with Gasteiger partial charge in [-0.05, 0) is 49.4 Å². The first-order chi connectivity index (χ1) is 10.8. The summed E-state index contributed by atoms with van der Waals surface area (Å²) in [6.45, 7) is 0.537. The molecule has 0 heterocycles. The molecule has 1 aliphatic rings. The lowest BCUT2D eigenvalue weighted by molar-refractivity contribution is -0.274. The summed E-state index contributed by atoms with van der Waals surface area (Å²) in [5, 5.41) is 5.32. The number of nitrogens with two attached hydrogens (primary N) is 1. The molecule has 0 aliphatic heterocycles. The lowest BCUT2D eigenvalue weighted by Crippen LogP contribution is -2.37. The standard InChI is InChI=1S/C15H20F3N3O2/c16-15(17,18)23-13-6-4-12(5-7-13)21-14(22)20-9-10-2-1-3-11(19)8-10/h4-7,10-11H,1-3,8-9,19H2,(H2,20,21,22). The number of benzene rings is 1. The minimum atomic E-state index is -4.73. The van der Waals surface area contributed by atoms with Crippen LogP contribution < -0.4 is 21.1 Å². The Bertz CT molecular complexity index is 520. The van der Waals surface area contributed by atoms with Crippen LogP contribution in [-0.4, -0.2) is 25.0 Å². The number of anilines is 1. The van der Waals surface area contributed by atoms with Crippen molar-refractivity contribution in [2.45, 2.75) is 38.1 Å². The van der Waals surface area contributed by atoms with Crippen LogP contribution in [0.3, 0.4) is 0 Å². The molecule has 1 fully saturated rings. The zero-order valence-corrected chi connectivity index (χ0v) is 12.5. The number of urea groups is 1. The van der Waals surface area contributed by atoms with Crippen molar-refractivity contribution >= 4 is 11.7 Å². The van der Waals surface area contributed by atoms with Crippen molar-refractivity contribution in [3.05, 3.63) is 24.3 Å². The summed E-state index contributed by atoms with van der Waals surface area (Å²) in [4.78, 5) is 11.8. The van der Waals surface area contributed by atoms with E-state index in [9.17, 15) is 18.0 Å². The average molecular weight is 331 g/mol. The summed E-state index contributed by atoms with van der Waals surface area (Å²) in [7, 11) is 0. The number of halogens is 3. The third-order valence-corrected chi connectivity index (χ3v) is 3.72. The van der Waals surface area contributed by atoms with E-state index in [-0.39, 0.29) is 11.8 Å². The maximum Gasteiger partial charge on any atom is 0.573 e. The monoisotopic (exact) mass is 331 g/mol. The molecule has 23 heavy (non-hydrogen) atoms. The Morgan fingerprint density at radius 1 is 1.26 bits per heavy atom. The molecule has 8 heteroatoms. The van der Waals surface area contributed by atoms with Gasteiger partial charge in [-0.15, -0.1) is 13.2 Å². The average Bonchev–Trinajstić information content (AvgIpc) is 2.46. The van der Waals surface area contributed by atoms with Gasteiger partial charge in [0.25, 0.3) is 0 Å². The van der Waals surface area contributed by atoms with Crippen molar-refractivity contribution < 1.29 is 22.7 Å². The molecule has 1 aromatic carbocycles. The van der Waals surface area contributed by atoms with Crippen LogP contribution >= 0.6 is 0 Å². The molecule has 0 spiro atoms. The second-order valence-electron chi connectivity index (χ2n) is 5.70. The third kappa shape index (κ3) is 6.35. The van der Waals surface area contributed by atoms with Gasteiger partial charge in [-0.25, -0.2) is 4.79 Å². The highest BCUT2D eigenvalue weighted by molar-refractivity contribution is 5.89. The summed E-state index contributed by atoms with van der Waals surface area (Å²) >= 11 is 0. The lowest BCUT2D eigenvalue weighted by atomic mass is 9.86. The first kappa shape index (κ1) is 17.4. The molecule has 0 saturated heterocycles. The number of rotatable bonds is 4. The summed E-state index contributed by atoms with van der Waals surface area (Å²) in [5.41, 5.74) is 6.28. The topological polar surface area (TPSA) is 76.4 Å². The van der Waals surface area contributed by atoms with Crippen LogP contribution in [0.4, 0.5) is 23.7 Å². The van der Waals surface area contributed by atoms with Gasteiger partial charge in [-0.1, -0.05) is 6.42 Å². The fourth-order valence-corrected chi connectivity index (χ4v) is 2.67. The fraction of sp³-hybridized carbons (Fsp3) is 0.533. The van der Waals surface area contributed by atoms with Crippen molar-refractivity contribution in [1.29, 1.82) is 0 Å².